The van der Waals surface area contributed by atoms with E-state index in [1.165, 1.54) is 19.3 Å². The molecule has 23 heavy (non-hydrogen) atoms. The molecule has 2 fully saturated rings. The molecule has 1 aliphatic heterocycles. The molecule has 1 saturated carbocycles. The Morgan fingerprint density at radius 3 is 2.83 bits per heavy atom. The minimum absolute atomic E-state index is 0.0456. The number of nitrogens with one attached hydrogen (secondary N) is 2. The van der Waals surface area contributed by atoms with Gasteiger partial charge in [0.15, 0.2) is 0 Å². The molecule has 2 N–H and O–H groups in total. The summed E-state index contributed by atoms with van der Waals surface area (Å²) < 4.78 is 0. The molecule has 3 rings (SSSR count). The molecule has 0 bridgehead atoms. The van der Waals surface area contributed by atoms with Crippen molar-refractivity contribution in [3.8, 4) is 0 Å². The van der Waals surface area contributed by atoms with Crippen LogP contribution in [-0.2, 0) is 4.79 Å². The molecule has 1 atom stereocenters. The van der Waals surface area contributed by atoms with Gasteiger partial charge >= 0.3 is 6.03 Å². The van der Waals surface area contributed by atoms with Crippen molar-refractivity contribution in [2.75, 3.05) is 13.6 Å². The molecule has 0 aromatic rings. The monoisotopic (exact) mass is 319 g/mol. The van der Waals surface area contributed by atoms with Crippen LogP contribution in [0.3, 0.4) is 0 Å². The first-order valence-corrected chi connectivity index (χ1v) is 9.12. The number of carbonyl (C=O) groups excluding carboxylic acids is 2. The van der Waals surface area contributed by atoms with Crippen LogP contribution in [0.15, 0.2) is 11.8 Å². The Labute approximate surface area is 138 Å². The van der Waals surface area contributed by atoms with Crippen molar-refractivity contribution in [3.05, 3.63) is 11.8 Å². The minimum Gasteiger partial charge on any atom is -0.337 e. The van der Waals surface area contributed by atoms with Crippen LogP contribution in [0.1, 0.15) is 64.2 Å². The Kier molecular flexibility index (Phi) is 4.93. The van der Waals surface area contributed by atoms with E-state index in [2.05, 4.69) is 16.7 Å². The van der Waals surface area contributed by atoms with Crippen molar-refractivity contribution in [3.63, 3.8) is 0 Å². The van der Waals surface area contributed by atoms with E-state index in [0.717, 1.165) is 44.2 Å². The lowest BCUT2D eigenvalue weighted by molar-refractivity contribution is -0.132. The number of likely N-dealkylation sites (tertiary alicyclic amines) is 1. The zero-order valence-corrected chi connectivity index (χ0v) is 14.2. The van der Waals surface area contributed by atoms with Crippen LogP contribution >= 0.6 is 0 Å². The standard InChI is InChI=1S/C18H29N3O2/c1-21-15-9-5-6-11-18(15,12-10-16(21)22)13-19-17(23)20-14-7-3-2-4-8-14/h9,14H,2-8,10-13H2,1H3,(H2,19,20,23). The number of carbonyl (C=O) groups is 2. The second kappa shape index (κ2) is 6.93. The van der Waals surface area contributed by atoms with Crippen molar-refractivity contribution < 1.29 is 9.59 Å². The lowest BCUT2D eigenvalue weighted by atomic mass is 9.70. The van der Waals surface area contributed by atoms with Crippen LogP contribution in [0.2, 0.25) is 0 Å². The summed E-state index contributed by atoms with van der Waals surface area (Å²) in [4.78, 5) is 26.0. The molecule has 3 aliphatic rings. The topological polar surface area (TPSA) is 61.4 Å². The van der Waals surface area contributed by atoms with Crippen molar-refractivity contribution in [1.82, 2.24) is 15.5 Å². The molecular formula is C18H29N3O2. The highest BCUT2D eigenvalue weighted by Gasteiger charge is 2.43. The van der Waals surface area contributed by atoms with Gasteiger partial charge in [-0.25, -0.2) is 4.79 Å². The smallest absolute Gasteiger partial charge is 0.315 e. The highest BCUT2D eigenvalue weighted by Crippen LogP contribution is 2.45. The third kappa shape index (κ3) is 3.54. The van der Waals surface area contributed by atoms with Crippen LogP contribution in [0, 0.1) is 5.41 Å². The molecule has 0 radical (unpaired) electrons. The molecule has 3 amide bonds. The van der Waals surface area contributed by atoms with Crippen molar-refractivity contribution in [2.45, 2.75) is 70.3 Å². The van der Waals surface area contributed by atoms with Crippen LogP contribution < -0.4 is 10.6 Å². The maximum absolute atomic E-state index is 12.2. The lowest BCUT2D eigenvalue weighted by Crippen LogP contribution is -2.51. The van der Waals surface area contributed by atoms with E-state index in [4.69, 9.17) is 0 Å². The second-order valence-corrected chi connectivity index (χ2v) is 7.38. The third-order valence-electron chi connectivity index (χ3n) is 5.82. The van der Waals surface area contributed by atoms with Gasteiger partial charge in [0, 0.05) is 37.2 Å². The molecule has 1 heterocycles. The molecule has 5 heteroatoms. The normalized spacial score (nSPS) is 28.8. The molecule has 0 aromatic heterocycles. The number of amides is 3. The summed E-state index contributed by atoms with van der Waals surface area (Å²) >= 11 is 0. The summed E-state index contributed by atoms with van der Waals surface area (Å²) in [5.41, 5.74) is 1.07. The van der Waals surface area contributed by atoms with Gasteiger partial charge in [-0.05, 0) is 38.5 Å². The molecule has 0 spiro atoms. The Morgan fingerprint density at radius 1 is 1.26 bits per heavy atom. The Hall–Kier alpha value is -1.52. The summed E-state index contributed by atoms with van der Waals surface area (Å²) in [7, 11) is 1.87. The summed E-state index contributed by atoms with van der Waals surface area (Å²) in [6.07, 6.45) is 12.8. The van der Waals surface area contributed by atoms with E-state index in [1.54, 1.807) is 0 Å². The first kappa shape index (κ1) is 16.3. The second-order valence-electron chi connectivity index (χ2n) is 7.38. The Morgan fingerprint density at radius 2 is 2.04 bits per heavy atom. The van der Waals surface area contributed by atoms with Gasteiger partial charge in [0.1, 0.15) is 0 Å². The van der Waals surface area contributed by atoms with Gasteiger partial charge in [-0.1, -0.05) is 25.3 Å². The number of rotatable bonds is 3. The van der Waals surface area contributed by atoms with Crippen molar-refractivity contribution in [2.24, 2.45) is 5.41 Å². The number of fused-ring (bicyclic) bond motifs is 1. The van der Waals surface area contributed by atoms with Gasteiger partial charge in [0.2, 0.25) is 5.91 Å². The summed E-state index contributed by atoms with van der Waals surface area (Å²) in [5, 5.41) is 6.22. The highest BCUT2D eigenvalue weighted by molar-refractivity contribution is 5.80. The van der Waals surface area contributed by atoms with E-state index in [-0.39, 0.29) is 17.4 Å². The molecule has 1 saturated heterocycles. The fourth-order valence-corrected chi connectivity index (χ4v) is 4.42. The third-order valence-corrected chi connectivity index (χ3v) is 5.82. The zero-order valence-electron chi connectivity index (χ0n) is 14.2. The van der Waals surface area contributed by atoms with E-state index in [1.807, 2.05) is 11.9 Å². The van der Waals surface area contributed by atoms with E-state index in [9.17, 15) is 9.59 Å². The number of piperidine rings is 1. The van der Waals surface area contributed by atoms with Crippen LogP contribution in [0.4, 0.5) is 4.79 Å². The minimum atomic E-state index is -0.0508. The van der Waals surface area contributed by atoms with E-state index in [0.29, 0.717) is 19.0 Å². The van der Waals surface area contributed by atoms with Crippen molar-refractivity contribution >= 4 is 11.9 Å². The van der Waals surface area contributed by atoms with Gasteiger partial charge < -0.3 is 15.5 Å². The van der Waals surface area contributed by atoms with Gasteiger partial charge in [-0.3, -0.25) is 4.79 Å². The number of urea groups is 1. The first-order valence-electron chi connectivity index (χ1n) is 9.12. The maximum Gasteiger partial charge on any atom is 0.315 e. The molecular weight excluding hydrogens is 290 g/mol. The SMILES string of the molecule is CN1C(=O)CCC2(CNC(=O)NC3CCCCC3)CCCC=C12. The van der Waals surface area contributed by atoms with E-state index < -0.39 is 0 Å². The number of hydrogen-bond acceptors (Lipinski definition) is 2. The molecule has 5 nitrogen and oxygen atoms in total. The first-order chi connectivity index (χ1) is 11.1. The van der Waals surface area contributed by atoms with Crippen LogP contribution in [-0.4, -0.2) is 36.5 Å². The molecule has 0 aromatic carbocycles. The fraction of sp³-hybridized carbons (Fsp3) is 0.778. The molecule has 128 valence electrons. The van der Waals surface area contributed by atoms with Crippen LogP contribution in [0.25, 0.3) is 0 Å². The summed E-state index contributed by atoms with van der Waals surface area (Å²) in [6, 6.07) is 0.286. The highest BCUT2D eigenvalue weighted by atomic mass is 16.2. The fourth-order valence-electron chi connectivity index (χ4n) is 4.42. The molecule has 2 aliphatic carbocycles. The number of hydrogen-bond donors (Lipinski definition) is 2. The quantitative estimate of drug-likeness (QED) is 0.840. The summed E-state index contributed by atoms with van der Waals surface area (Å²) in [5.74, 6) is 0.195. The predicted molar refractivity (Wildman–Crippen MR) is 89.8 cm³/mol. The van der Waals surface area contributed by atoms with E-state index >= 15 is 0 Å². The number of allylic oxidation sites excluding steroid dienone is 1. The van der Waals surface area contributed by atoms with Gasteiger partial charge in [0.05, 0.1) is 0 Å². The van der Waals surface area contributed by atoms with Gasteiger partial charge in [-0.15, -0.1) is 0 Å². The maximum atomic E-state index is 12.2. The Bertz CT molecular complexity index is 496. The Balaban J connectivity index is 1.59. The summed E-state index contributed by atoms with van der Waals surface area (Å²) in [6.45, 7) is 0.634. The average molecular weight is 319 g/mol. The average Bonchev–Trinajstić information content (AvgIpc) is 2.58. The largest absolute Gasteiger partial charge is 0.337 e. The predicted octanol–water partition coefficient (Wildman–Crippen LogP) is 2.92. The number of nitrogens with zero attached hydrogens (tertiary/aromatic N) is 1. The van der Waals surface area contributed by atoms with Gasteiger partial charge in [-0.2, -0.15) is 0 Å². The van der Waals surface area contributed by atoms with Crippen molar-refractivity contribution in [1.29, 1.82) is 0 Å². The van der Waals surface area contributed by atoms with Crippen LogP contribution in [0.5, 0.6) is 0 Å². The zero-order chi connectivity index (χ0) is 16.3. The lowest BCUT2D eigenvalue weighted by Gasteiger charge is -2.46. The van der Waals surface area contributed by atoms with Gasteiger partial charge in [0.25, 0.3) is 0 Å². The molecule has 1 unspecified atom stereocenters.